The molecule has 4 nitrogen and oxygen atoms in total. The van der Waals surface area contributed by atoms with Gasteiger partial charge < -0.3 is 10.3 Å². The van der Waals surface area contributed by atoms with Crippen LogP contribution in [0.2, 0.25) is 0 Å². The SMILES string of the molecule is CSc1ccccc1-c1nc(CC(C)N)no1. The van der Waals surface area contributed by atoms with E-state index in [1.165, 1.54) is 0 Å². The van der Waals surface area contributed by atoms with E-state index in [4.69, 9.17) is 10.3 Å². The third kappa shape index (κ3) is 2.87. The Labute approximate surface area is 105 Å². The number of hydrogen-bond donors (Lipinski definition) is 1. The highest BCUT2D eigenvalue weighted by Gasteiger charge is 2.12. The first-order chi connectivity index (χ1) is 8.20. The molecule has 0 radical (unpaired) electrons. The van der Waals surface area contributed by atoms with Crippen LogP contribution in [0.3, 0.4) is 0 Å². The molecule has 90 valence electrons. The quantitative estimate of drug-likeness (QED) is 0.843. The average Bonchev–Trinajstić information content (AvgIpc) is 2.76. The van der Waals surface area contributed by atoms with Crippen molar-refractivity contribution in [2.24, 2.45) is 5.73 Å². The molecule has 2 N–H and O–H groups in total. The molecule has 0 bridgehead atoms. The lowest BCUT2D eigenvalue weighted by molar-refractivity contribution is 0.420. The van der Waals surface area contributed by atoms with E-state index in [0.29, 0.717) is 18.1 Å². The van der Waals surface area contributed by atoms with E-state index in [-0.39, 0.29) is 6.04 Å². The molecular formula is C12H15N3OS. The highest BCUT2D eigenvalue weighted by molar-refractivity contribution is 7.98. The first kappa shape index (κ1) is 12.1. The minimum atomic E-state index is 0.0382. The van der Waals surface area contributed by atoms with E-state index in [2.05, 4.69) is 10.1 Å². The molecule has 0 fully saturated rings. The van der Waals surface area contributed by atoms with Crippen molar-refractivity contribution in [3.8, 4) is 11.5 Å². The summed E-state index contributed by atoms with van der Waals surface area (Å²) in [5.41, 5.74) is 6.68. The van der Waals surface area contributed by atoms with Gasteiger partial charge in [-0.25, -0.2) is 0 Å². The van der Waals surface area contributed by atoms with Gasteiger partial charge in [-0.2, -0.15) is 4.98 Å². The Balaban J connectivity index is 2.30. The zero-order chi connectivity index (χ0) is 12.3. The van der Waals surface area contributed by atoms with Crippen molar-refractivity contribution < 1.29 is 4.52 Å². The maximum absolute atomic E-state index is 5.70. The molecule has 2 aromatic rings. The van der Waals surface area contributed by atoms with E-state index >= 15 is 0 Å². The smallest absolute Gasteiger partial charge is 0.259 e. The second-order valence-corrected chi connectivity index (χ2v) is 4.75. The van der Waals surface area contributed by atoms with Gasteiger partial charge in [0.05, 0.1) is 5.56 Å². The summed E-state index contributed by atoms with van der Waals surface area (Å²) in [6, 6.07) is 8.01. The summed E-state index contributed by atoms with van der Waals surface area (Å²) in [5.74, 6) is 1.22. The minimum absolute atomic E-state index is 0.0382. The molecule has 0 aliphatic heterocycles. The van der Waals surface area contributed by atoms with E-state index in [0.717, 1.165) is 10.5 Å². The lowest BCUT2D eigenvalue weighted by Gasteiger charge is -2.01. The van der Waals surface area contributed by atoms with Crippen LogP contribution in [0.1, 0.15) is 12.7 Å². The largest absolute Gasteiger partial charge is 0.334 e. The second kappa shape index (κ2) is 5.33. The first-order valence-corrected chi connectivity index (χ1v) is 6.64. The lowest BCUT2D eigenvalue weighted by Crippen LogP contribution is -2.18. The van der Waals surface area contributed by atoms with Gasteiger partial charge in [-0.15, -0.1) is 11.8 Å². The van der Waals surface area contributed by atoms with Crippen LogP contribution in [-0.2, 0) is 6.42 Å². The molecule has 1 atom stereocenters. The van der Waals surface area contributed by atoms with E-state index < -0.39 is 0 Å². The first-order valence-electron chi connectivity index (χ1n) is 5.42. The third-order valence-corrected chi connectivity index (χ3v) is 3.11. The maximum atomic E-state index is 5.70. The van der Waals surface area contributed by atoms with Crippen molar-refractivity contribution >= 4 is 11.8 Å². The van der Waals surface area contributed by atoms with Gasteiger partial charge in [0, 0.05) is 17.4 Å². The molecule has 17 heavy (non-hydrogen) atoms. The number of nitrogens with zero attached hydrogens (tertiary/aromatic N) is 2. The number of benzene rings is 1. The maximum Gasteiger partial charge on any atom is 0.259 e. The fourth-order valence-electron chi connectivity index (χ4n) is 1.56. The Morgan fingerprint density at radius 3 is 2.88 bits per heavy atom. The highest BCUT2D eigenvalue weighted by Crippen LogP contribution is 2.28. The van der Waals surface area contributed by atoms with Crippen LogP contribution < -0.4 is 5.73 Å². The van der Waals surface area contributed by atoms with Crippen molar-refractivity contribution in [3.05, 3.63) is 30.1 Å². The summed E-state index contributed by atoms with van der Waals surface area (Å²) in [5, 5.41) is 3.93. The zero-order valence-electron chi connectivity index (χ0n) is 9.88. The summed E-state index contributed by atoms with van der Waals surface area (Å²) in [6.45, 7) is 1.92. The summed E-state index contributed by atoms with van der Waals surface area (Å²) >= 11 is 1.66. The summed E-state index contributed by atoms with van der Waals surface area (Å²) < 4.78 is 5.26. The van der Waals surface area contributed by atoms with Gasteiger partial charge in [-0.05, 0) is 25.3 Å². The van der Waals surface area contributed by atoms with Crippen LogP contribution in [0, 0.1) is 0 Å². The van der Waals surface area contributed by atoms with E-state index in [9.17, 15) is 0 Å². The fraction of sp³-hybridized carbons (Fsp3) is 0.333. The molecule has 2 rings (SSSR count). The summed E-state index contributed by atoms with van der Waals surface area (Å²) in [6.07, 6.45) is 2.66. The lowest BCUT2D eigenvalue weighted by atomic mass is 10.2. The Hall–Kier alpha value is -1.33. The highest BCUT2D eigenvalue weighted by atomic mass is 32.2. The zero-order valence-corrected chi connectivity index (χ0v) is 10.7. The van der Waals surface area contributed by atoms with Crippen molar-refractivity contribution in [1.29, 1.82) is 0 Å². The standard InChI is InChI=1S/C12H15N3OS/c1-8(13)7-11-14-12(16-15-11)9-5-3-4-6-10(9)17-2/h3-6,8H,7,13H2,1-2H3. The van der Waals surface area contributed by atoms with Crippen LogP contribution in [0.4, 0.5) is 0 Å². The Bertz CT molecular complexity index is 496. The van der Waals surface area contributed by atoms with Crippen LogP contribution in [0.25, 0.3) is 11.5 Å². The van der Waals surface area contributed by atoms with Gasteiger partial charge in [0.15, 0.2) is 5.82 Å². The summed E-state index contributed by atoms with van der Waals surface area (Å²) in [7, 11) is 0. The van der Waals surface area contributed by atoms with Gasteiger partial charge in [0.1, 0.15) is 0 Å². The Morgan fingerprint density at radius 2 is 2.18 bits per heavy atom. The van der Waals surface area contributed by atoms with Gasteiger partial charge in [0.2, 0.25) is 0 Å². The predicted molar refractivity (Wildman–Crippen MR) is 68.9 cm³/mol. The number of aromatic nitrogens is 2. The van der Waals surface area contributed by atoms with Crippen LogP contribution in [0.5, 0.6) is 0 Å². The fourth-order valence-corrected chi connectivity index (χ4v) is 2.15. The molecule has 1 heterocycles. The van der Waals surface area contributed by atoms with Crippen LogP contribution >= 0.6 is 11.8 Å². The molecule has 5 heteroatoms. The van der Waals surface area contributed by atoms with Crippen LogP contribution in [-0.4, -0.2) is 22.4 Å². The van der Waals surface area contributed by atoms with Gasteiger partial charge in [-0.1, -0.05) is 17.3 Å². The Morgan fingerprint density at radius 1 is 1.41 bits per heavy atom. The summed E-state index contributed by atoms with van der Waals surface area (Å²) in [4.78, 5) is 5.49. The van der Waals surface area contributed by atoms with Crippen molar-refractivity contribution in [1.82, 2.24) is 10.1 Å². The third-order valence-electron chi connectivity index (χ3n) is 2.31. The molecule has 0 aliphatic rings. The van der Waals surface area contributed by atoms with Crippen molar-refractivity contribution in [2.75, 3.05) is 6.26 Å². The topological polar surface area (TPSA) is 64.9 Å². The molecule has 0 amide bonds. The minimum Gasteiger partial charge on any atom is -0.334 e. The molecule has 0 saturated carbocycles. The predicted octanol–water partition coefficient (Wildman–Crippen LogP) is 2.35. The number of nitrogens with two attached hydrogens (primary N) is 1. The normalized spacial score (nSPS) is 12.6. The number of rotatable bonds is 4. The molecule has 1 aromatic carbocycles. The Kier molecular flexibility index (Phi) is 3.81. The molecule has 0 saturated heterocycles. The number of hydrogen-bond acceptors (Lipinski definition) is 5. The van der Waals surface area contributed by atoms with E-state index in [1.807, 2.05) is 37.4 Å². The van der Waals surface area contributed by atoms with Gasteiger partial charge in [0.25, 0.3) is 5.89 Å². The van der Waals surface area contributed by atoms with E-state index in [1.54, 1.807) is 11.8 Å². The van der Waals surface area contributed by atoms with Crippen molar-refractivity contribution in [3.63, 3.8) is 0 Å². The molecular weight excluding hydrogens is 234 g/mol. The molecule has 1 unspecified atom stereocenters. The second-order valence-electron chi connectivity index (χ2n) is 3.90. The molecule has 0 aliphatic carbocycles. The monoisotopic (exact) mass is 249 g/mol. The van der Waals surface area contributed by atoms with Gasteiger partial charge >= 0.3 is 0 Å². The molecule has 0 spiro atoms. The molecule has 1 aromatic heterocycles. The van der Waals surface area contributed by atoms with Crippen LogP contribution in [0.15, 0.2) is 33.7 Å². The van der Waals surface area contributed by atoms with Crippen molar-refractivity contribution in [2.45, 2.75) is 24.3 Å². The van der Waals surface area contributed by atoms with Gasteiger partial charge in [-0.3, -0.25) is 0 Å². The number of thioether (sulfide) groups is 1. The average molecular weight is 249 g/mol.